The van der Waals surface area contributed by atoms with Crippen molar-refractivity contribution in [2.75, 3.05) is 44.9 Å². The lowest BCUT2D eigenvalue weighted by atomic mass is 10.0. The van der Waals surface area contributed by atoms with E-state index >= 15 is 4.39 Å². The molecule has 2 heterocycles. The number of rotatable bonds is 11. The summed E-state index contributed by atoms with van der Waals surface area (Å²) in [6.45, 7) is 2.34. The molecule has 9 heteroatoms. The van der Waals surface area contributed by atoms with E-state index in [0.717, 1.165) is 18.5 Å². The van der Waals surface area contributed by atoms with Crippen LogP contribution in [0.1, 0.15) is 30.0 Å². The molecule has 6 rings (SSSR count). The quantitative estimate of drug-likeness (QED) is 0.175. The molecule has 0 aliphatic carbocycles. The summed E-state index contributed by atoms with van der Waals surface area (Å²) in [5.41, 5.74) is 2.95. The average molecular weight is 605 g/mol. The highest BCUT2D eigenvalue weighted by Gasteiger charge is 2.32. The van der Waals surface area contributed by atoms with E-state index in [0.29, 0.717) is 54.6 Å². The van der Waals surface area contributed by atoms with Crippen molar-refractivity contribution in [3.63, 3.8) is 0 Å². The number of anilines is 2. The molecule has 0 saturated carbocycles. The highest BCUT2D eigenvalue weighted by atomic mass is 19.1. The minimum atomic E-state index is -0.500. The van der Waals surface area contributed by atoms with Crippen molar-refractivity contribution < 1.29 is 32.1 Å². The third-order valence-electron chi connectivity index (χ3n) is 8.03. The molecule has 1 fully saturated rings. The number of hydrogen-bond donors (Lipinski definition) is 0. The van der Waals surface area contributed by atoms with Crippen LogP contribution in [0.3, 0.4) is 0 Å². The summed E-state index contributed by atoms with van der Waals surface area (Å²) in [5, 5.41) is 0. The molecule has 2 unspecified atom stereocenters. The second-order valence-corrected chi connectivity index (χ2v) is 11.0. The van der Waals surface area contributed by atoms with Crippen LogP contribution in [0.25, 0.3) is 0 Å². The predicted molar refractivity (Wildman–Crippen MR) is 163 cm³/mol. The molecular formula is C35H35F3N2O4. The van der Waals surface area contributed by atoms with Crippen LogP contribution < -0.4 is 23.8 Å². The van der Waals surface area contributed by atoms with Crippen LogP contribution in [0.2, 0.25) is 0 Å². The first-order valence-electron chi connectivity index (χ1n) is 14.8. The minimum absolute atomic E-state index is 0.139. The maximum absolute atomic E-state index is 15.6. The fourth-order valence-corrected chi connectivity index (χ4v) is 5.80. The van der Waals surface area contributed by atoms with Gasteiger partial charge in [-0.1, -0.05) is 36.4 Å². The van der Waals surface area contributed by atoms with Crippen molar-refractivity contribution in [3.8, 4) is 23.0 Å². The number of halogens is 3. The summed E-state index contributed by atoms with van der Waals surface area (Å²) >= 11 is 0. The molecule has 0 bridgehead atoms. The molecule has 0 aromatic heterocycles. The maximum atomic E-state index is 15.6. The van der Waals surface area contributed by atoms with Gasteiger partial charge in [0.15, 0.2) is 23.1 Å². The Labute approximate surface area is 255 Å². The molecule has 2 aliphatic heterocycles. The fraction of sp³-hybridized carbons (Fsp3) is 0.314. The second-order valence-electron chi connectivity index (χ2n) is 11.0. The van der Waals surface area contributed by atoms with Crippen LogP contribution in [-0.2, 0) is 6.61 Å². The lowest BCUT2D eigenvalue weighted by Crippen LogP contribution is -2.33. The fourth-order valence-electron chi connectivity index (χ4n) is 5.80. The van der Waals surface area contributed by atoms with Gasteiger partial charge in [-0.25, -0.2) is 8.78 Å². The van der Waals surface area contributed by atoms with Gasteiger partial charge in [-0.05, 0) is 60.4 Å². The van der Waals surface area contributed by atoms with Crippen LogP contribution in [0.5, 0.6) is 23.0 Å². The smallest absolute Gasteiger partial charge is 0.167 e. The Morgan fingerprint density at radius 3 is 2.50 bits per heavy atom. The summed E-state index contributed by atoms with van der Waals surface area (Å²) < 4.78 is 66.4. The number of likely N-dealkylation sites (tertiary alicyclic amines) is 1. The van der Waals surface area contributed by atoms with Gasteiger partial charge in [-0.15, -0.1) is 0 Å². The van der Waals surface area contributed by atoms with Crippen molar-refractivity contribution in [2.45, 2.75) is 31.6 Å². The Balaban J connectivity index is 1.28. The van der Waals surface area contributed by atoms with Crippen molar-refractivity contribution in [1.82, 2.24) is 4.90 Å². The maximum Gasteiger partial charge on any atom is 0.167 e. The van der Waals surface area contributed by atoms with E-state index in [1.165, 1.54) is 19.2 Å². The van der Waals surface area contributed by atoms with Gasteiger partial charge >= 0.3 is 0 Å². The zero-order chi connectivity index (χ0) is 30.5. The highest BCUT2D eigenvalue weighted by Crippen LogP contribution is 2.46. The van der Waals surface area contributed by atoms with E-state index in [1.54, 1.807) is 24.3 Å². The van der Waals surface area contributed by atoms with Crippen LogP contribution in [0, 0.1) is 11.6 Å². The molecule has 0 N–H and O–H groups in total. The van der Waals surface area contributed by atoms with Crippen molar-refractivity contribution >= 4 is 11.4 Å². The van der Waals surface area contributed by atoms with Gasteiger partial charge in [0, 0.05) is 37.5 Å². The molecule has 0 radical (unpaired) electrons. The molecule has 2 aliphatic rings. The lowest BCUT2D eigenvalue weighted by Gasteiger charge is -2.39. The highest BCUT2D eigenvalue weighted by molar-refractivity contribution is 5.73. The van der Waals surface area contributed by atoms with Crippen LogP contribution in [0.4, 0.5) is 24.5 Å². The Morgan fingerprint density at radius 1 is 0.909 bits per heavy atom. The van der Waals surface area contributed by atoms with Crippen molar-refractivity contribution in [2.24, 2.45) is 0 Å². The van der Waals surface area contributed by atoms with Gasteiger partial charge in [0.25, 0.3) is 0 Å². The molecule has 4 aromatic rings. The van der Waals surface area contributed by atoms with E-state index < -0.39 is 17.7 Å². The van der Waals surface area contributed by atoms with E-state index in [2.05, 4.69) is 4.90 Å². The SMILES string of the molecule is COc1ccc(C2COc3cc(OCc4ccccc4)ccc3N2c2ccc(OC3CCN(CCCF)C3)c(F)c2)cc1F. The number of alkyl halides is 1. The summed E-state index contributed by atoms with van der Waals surface area (Å²) in [7, 11) is 1.42. The standard InChI is InChI=1S/C35H35F3N2O4/c1-41-33-12-8-25(18-29(33)37)32-23-43-35-20-27(42-22-24-6-3-2-4-7-24)10-11-31(35)40(32)26-9-13-34(30(38)19-26)44-28-14-17-39(21-28)16-5-15-36/h2-4,6-13,18-20,28,32H,5,14-17,21-23H2,1H3. The van der Waals surface area contributed by atoms with Crippen LogP contribution in [0.15, 0.2) is 84.9 Å². The summed E-state index contributed by atoms with van der Waals surface area (Å²) in [6, 6.07) is 24.6. The predicted octanol–water partition coefficient (Wildman–Crippen LogP) is 7.64. The zero-order valence-corrected chi connectivity index (χ0v) is 24.6. The number of ether oxygens (including phenoxy) is 4. The molecule has 1 saturated heterocycles. The molecule has 44 heavy (non-hydrogen) atoms. The topological polar surface area (TPSA) is 43.4 Å². The number of benzene rings is 4. The van der Waals surface area contributed by atoms with Gasteiger partial charge in [0.2, 0.25) is 0 Å². The van der Waals surface area contributed by atoms with Gasteiger partial charge in [-0.3, -0.25) is 9.29 Å². The van der Waals surface area contributed by atoms with Crippen molar-refractivity contribution in [3.05, 3.63) is 108 Å². The van der Waals surface area contributed by atoms with Crippen LogP contribution in [-0.4, -0.2) is 51.0 Å². The zero-order valence-electron chi connectivity index (χ0n) is 24.6. The number of methoxy groups -OCH3 is 1. The first kappa shape index (κ1) is 29.7. The first-order valence-corrected chi connectivity index (χ1v) is 14.8. The molecule has 0 spiro atoms. The molecule has 6 nitrogen and oxygen atoms in total. The average Bonchev–Trinajstić information content (AvgIpc) is 3.50. The van der Waals surface area contributed by atoms with E-state index in [9.17, 15) is 8.78 Å². The first-order chi connectivity index (χ1) is 21.5. The van der Waals surface area contributed by atoms with E-state index in [-0.39, 0.29) is 30.9 Å². The second kappa shape index (κ2) is 13.5. The molecular weight excluding hydrogens is 569 g/mol. The summed E-state index contributed by atoms with van der Waals surface area (Å²) in [4.78, 5) is 4.08. The van der Waals surface area contributed by atoms with E-state index in [4.69, 9.17) is 18.9 Å². The van der Waals surface area contributed by atoms with Crippen LogP contribution >= 0.6 is 0 Å². The Morgan fingerprint density at radius 2 is 1.73 bits per heavy atom. The lowest BCUT2D eigenvalue weighted by molar-refractivity contribution is 0.191. The molecule has 230 valence electrons. The van der Waals surface area contributed by atoms with Crippen molar-refractivity contribution in [1.29, 1.82) is 0 Å². The number of nitrogens with zero attached hydrogens (tertiary/aromatic N) is 2. The largest absolute Gasteiger partial charge is 0.494 e. The Hall–Kier alpha value is -4.37. The summed E-state index contributed by atoms with van der Waals surface area (Å²) in [5.74, 6) is 0.513. The van der Waals surface area contributed by atoms with Gasteiger partial charge < -0.3 is 23.8 Å². The normalized spacial score (nSPS) is 18.0. The van der Waals surface area contributed by atoms with Gasteiger partial charge in [0.1, 0.15) is 30.8 Å². The minimum Gasteiger partial charge on any atom is -0.494 e. The Bertz CT molecular complexity index is 1570. The molecule has 2 atom stereocenters. The third kappa shape index (κ3) is 6.58. The number of fused-ring (bicyclic) bond motifs is 1. The molecule has 0 amide bonds. The molecule has 4 aromatic carbocycles. The monoisotopic (exact) mass is 604 g/mol. The summed E-state index contributed by atoms with van der Waals surface area (Å²) in [6.07, 6.45) is 1.07. The van der Waals surface area contributed by atoms with E-state index in [1.807, 2.05) is 53.4 Å². The third-order valence-corrected chi connectivity index (χ3v) is 8.03. The Kier molecular flexibility index (Phi) is 9.12. The number of hydrogen-bond acceptors (Lipinski definition) is 6. The van der Waals surface area contributed by atoms with Gasteiger partial charge in [0.05, 0.1) is 25.5 Å². The van der Waals surface area contributed by atoms with Gasteiger partial charge in [-0.2, -0.15) is 0 Å².